The summed E-state index contributed by atoms with van der Waals surface area (Å²) in [6.07, 6.45) is 2.75. The Morgan fingerprint density at radius 2 is 1.78 bits per heavy atom. The molecule has 0 N–H and O–H groups in total. The lowest BCUT2D eigenvalue weighted by Gasteiger charge is -2.34. The predicted octanol–water partition coefficient (Wildman–Crippen LogP) is 3.93. The van der Waals surface area contributed by atoms with Gasteiger partial charge in [0.25, 0.3) is 0 Å². The first-order chi connectivity index (χ1) is 13.0. The normalized spacial score (nSPS) is 19.4. The Kier molecular flexibility index (Phi) is 4.79. The van der Waals surface area contributed by atoms with Gasteiger partial charge >= 0.3 is 0 Å². The molecule has 0 saturated carbocycles. The lowest BCUT2D eigenvalue weighted by molar-refractivity contribution is 0.102. The summed E-state index contributed by atoms with van der Waals surface area (Å²) in [7, 11) is 2.12. The maximum absolute atomic E-state index is 13.9. The molecule has 2 aromatic carbocycles. The first-order valence-corrected chi connectivity index (χ1v) is 9.28. The van der Waals surface area contributed by atoms with E-state index < -0.39 is 11.6 Å². The van der Waals surface area contributed by atoms with Gasteiger partial charge in [-0.3, -0.25) is 4.79 Å². The number of allylic oxidation sites excluding steroid dienone is 1. The standard InChI is InChI=1S/C22H22F2N2O/c1-25-9-11-26(12-10-25)18-7-8-19-15(14-18)5-6-17(22(19)27)13-16-3-2-4-20(23)21(16)24/h2-4,7-8,13-14H,5-6,9-12H2,1H3/b17-13+. The summed E-state index contributed by atoms with van der Waals surface area (Å²) in [4.78, 5) is 17.5. The van der Waals surface area contributed by atoms with Gasteiger partial charge in [0.1, 0.15) is 0 Å². The van der Waals surface area contributed by atoms with E-state index >= 15 is 0 Å². The Bertz CT molecular complexity index is 915. The maximum Gasteiger partial charge on any atom is 0.189 e. The van der Waals surface area contributed by atoms with Gasteiger partial charge in [0.2, 0.25) is 0 Å². The van der Waals surface area contributed by atoms with Crippen LogP contribution in [0.2, 0.25) is 0 Å². The number of rotatable bonds is 2. The Labute approximate surface area is 157 Å². The van der Waals surface area contributed by atoms with Crippen LogP contribution in [0.5, 0.6) is 0 Å². The van der Waals surface area contributed by atoms with Crippen molar-refractivity contribution in [3.05, 3.63) is 70.3 Å². The monoisotopic (exact) mass is 368 g/mol. The molecule has 0 spiro atoms. The Morgan fingerprint density at radius 3 is 2.56 bits per heavy atom. The van der Waals surface area contributed by atoms with Crippen LogP contribution in [0.1, 0.15) is 27.9 Å². The summed E-state index contributed by atoms with van der Waals surface area (Å²) in [5.74, 6) is -1.90. The van der Waals surface area contributed by atoms with E-state index in [1.165, 1.54) is 18.2 Å². The lowest BCUT2D eigenvalue weighted by atomic mass is 9.85. The second-order valence-electron chi connectivity index (χ2n) is 7.27. The van der Waals surface area contributed by atoms with E-state index in [4.69, 9.17) is 0 Å². The number of carbonyl (C=O) groups excluding carboxylic acids is 1. The Balaban J connectivity index is 1.59. The molecule has 3 nitrogen and oxygen atoms in total. The van der Waals surface area contributed by atoms with Crippen molar-refractivity contribution in [2.75, 3.05) is 38.1 Å². The predicted molar refractivity (Wildman–Crippen MR) is 103 cm³/mol. The maximum atomic E-state index is 13.9. The number of carbonyl (C=O) groups is 1. The summed E-state index contributed by atoms with van der Waals surface area (Å²) in [5, 5.41) is 0. The van der Waals surface area contributed by atoms with Gasteiger partial charge in [0.05, 0.1) is 0 Å². The number of hydrogen-bond acceptors (Lipinski definition) is 3. The third-order valence-corrected chi connectivity index (χ3v) is 5.47. The number of piperazine rings is 1. The molecule has 2 aromatic rings. The summed E-state index contributed by atoms with van der Waals surface area (Å²) in [6.45, 7) is 4.02. The highest BCUT2D eigenvalue weighted by atomic mass is 19.2. The lowest BCUT2D eigenvalue weighted by Crippen LogP contribution is -2.44. The molecule has 0 atom stereocenters. The van der Waals surface area contributed by atoms with E-state index in [1.54, 1.807) is 0 Å². The Hall–Kier alpha value is -2.53. The number of anilines is 1. The first kappa shape index (κ1) is 17.9. The van der Waals surface area contributed by atoms with Crippen LogP contribution in [-0.4, -0.2) is 43.9 Å². The van der Waals surface area contributed by atoms with Gasteiger partial charge in [0.15, 0.2) is 17.4 Å². The fourth-order valence-corrected chi connectivity index (χ4v) is 3.78. The van der Waals surface area contributed by atoms with Crippen LogP contribution in [0, 0.1) is 11.6 Å². The fraction of sp³-hybridized carbons (Fsp3) is 0.318. The zero-order valence-corrected chi connectivity index (χ0v) is 15.3. The van der Waals surface area contributed by atoms with Crippen molar-refractivity contribution in [2.45, 2.75) is 12.8 Å². The number of hydrogen-bond donors (Lipinski definition) is 0. The van der Waals surface area contributed by atoms with Crippen LogP contribution < -0.4 is 4.90 Å². The average Bonchev–Trinajstić information content (AvgIpc) is 2.68. The molecule has 1 fully saturated rings. The number of Topliss-reactive ketones (excluding diaryl/α,β-unsaturated/α-hetero) is 1. The fourth-order valence-electron chi connectivity index (χ4n) is 3.78. The highest BCUT2D eigenvalue weighted by Crippen LogP contribution is 2.30. The molecule has 2 aliphatic rings. The molecule has 1 saturated heterocycles. The van der Waals surface area contributed by atoms with Crippen LogP contribution in [0.4, 0.5) is 14.5 Å². The summed E-state index contributed by atoms with van der Waals surface area (Å²) >= 11 is 0. The van der Waals surface area contributed by atoms with Crippen molar-refractivity contribution in [1.29, 1.82) is 0 Å². The number of aryl methyl sites for hydroxylation is 1. The number of likely N-dealkylation sites (N-methyl/N-ethyl adjacent to an activating group) is 1. The van der Waals surface area contributed by atoms with Crippen LogP contribution >= 0.6 is 0 Å². The molecule has 0 amide bonds. The van der Waals surface area contributed by atoms with Crippen molar-refractivity contribution >= 4 is 17.5 Å². The summed E-state index contributed by atoms with van der Waals surface area (Å²) in [6, 6.07) is 10.0. The van der Waals surface area contributed by atoms with E-state index in [2.05, 4.69) is 22.9 Å². The molecule has 1 heterocycles. The smallest absolute Gasteiger partial charge is 0.189 e. The van der Waals surface area contributed by atoms with Gasteiger partial charge in [0, 0.05) is 48.6 Å². The minimum atomic E-state index is -0.908. The third-order valence-electron chi connectivity index (χ3n) is 5.47. The average molecular weight is 368 g/mol. The van der Waals surface area contributed by atoms with E-state index in [1.807, 2.05) is 12.1 Å². The van der Waals surface area contributed by atoms with E-state index in [0.717, 1.165) is 49.9 Å². The minimum absolute atomic E-state index is 0.0927. The zero-order chi connectivity index (χ0) is 19.0. The van der Waals surface area contributed by atoms with E-state index in [0.29, 0.717) is 17.6 Å². The SMILES string of the molecule is CN1CCN(c2ccc3c(c2)CC/C(=C\c2cccc(F)c2F)C3=O)CC1. The van der Waals surface area contributed by atoms with Crippen LogP contribution in [0.25, 0.3) is 6.08 Å². The molecule has 0 aromatic heterocycles. The zero-order valence-electron chi connectivity index (χ0n) is 15.3. The molecular formula is C22H22F2N2O. The molecule has 27 heavy (non-hydrogen) atoms. The largest absolute Gasteiger partial charge is 0.369 e. The topological polar surface area (TPSA) is 23.6 Å². The van der Waals surface area contributed by atoms with E-state index in [9.17, 15) is 13.6 Å². The van der Waals surface area contributed by atoms with Crippen LogP contribution in [-0.2, 0) is 6.42 Å². The number of halogens is 2. The molecule has 1 aliphatic heterocycles. The van der Waals surface area contributed by atoms with Gasteiger partial charge in [-0.25, -0.2) is 8.78 Å². The number of ketones is 1. The van der Waals surface area contributed by atoms with Crippen LogP contribution in [0.3, 0.4) is 0 Å². The van der Waals surface area contributed by atoms with Gasteiger partial charge in [-0.1, -0.05) is 12.1 Å². The van der Waals surface area contributed by atoms with Crippen molar-refractivity contribution in [3.8, 4) is 0 Å². The van der Waals surface area contributed by atoms with Gasteiger partial charge < -0.3 is 9.80 Å². The third kappa shape index (κ3) is 3.52. The van der Waals surface area contributed by atoms with Gasteiger partial charge in [-0.05, 0) is 55.8 Å². The molecule has 140 valence electrons. The quantitative estimate of drug-likeness (QED) is 0.751. The number of benzene rings is 2. The molecule has 0 unspecified atom stereocenters. The highest BCUT2D eigenvalue weighted by molar-refractivity contribution is 6.13. The highest BCUT2D eigenvalue weighted by Gasteiger charge is 2.24. The van der Waals surface area contributed by atoms with Gasteiger partial charge in [-0.2, -0.15) is 0 Å². The van der Waals surface area contributed by atoms with Crippen molar-refractivity contribution < 1.29 is 13.6 Å². The number of nitrogens with zero attached hydrogens (tertiary/aromatic N) is 2. The van der Waals surface area contributed by atoms with Crippen molar-refractivity contribution in [3.63, 3.8) is 0 Å². The second-order valence-corrected chi connectivity index (χ2v) is 7.27. The molecule has 5 heteroatoms. The van der Waals surface area contributed by atoms with E-state index in [-0.39, 0.29) is 11.3 Å². The number of fused-ring (bicyclic) bond motifs is 1. The molecule has 0 radical (unpaired) electrons. The van der Waals surface area contributed by atoms with Crippen molar-refractivity contribution in [2.24, 2.45) is 0 Å². The molecule has 0 bridgehead atoms. The molecule has 4 rings (SSSR count). The van der Waals surface area contributed by atoms with Crippen molar-refractivity contribution in [1.82, 2.24) is 4.90 Å². The Morgan fingerprint density at radius 1 is 1.00 bits per heavy atom. The molecule has 1 aliphatic carbocycles. The summed E-state index contributed by atoms with van der Waals surface area (Å²) in [5.41, 5.74) is 3.50. The summed E-state index contributed by atoms with van der Waals surface area (Å²) < 4.78 is 27.3. The second kappa shape index (κ2) is 7.24. The van der Waals surface area contributed by atoms with Gasteiger partial charge in [-0.15, -0.1) is 0 Å². The first-order valence-electron chi connectivity index (χ1n) is 9.28. The minimum Gasteiger partial charge on any atom is -0.369 e. The molecular weight excluding hydrogens is 346 g/mol. The van der Waals surface area contributed by atoms with Crippen LogP contribution in [0.15, 0.2) is 42.0 Å².